The lowest BCUT2D eigenvalue weighted by Gasteiger charge is -2.12. The van der Waals surface area contributed by atoms with Gasteiger partial charge in [-0.3, -0.25) is 9.20 Å². The van der Waals surface area contributed by atoms with E-state index in [2.05, 4.69) is 12.2 Å². The second-order valence-corrected chi connectivity index (χ2v) is 8.51. The maximum Gasteiger partial charge on any atom is 0.208 e. The van der Waals surface area contributed by atoms with Gasteiger partial charge in [0.15, 0.2) is 5.78 Å². The molecule has 5 nitrogen and oxygen atoms in total. The molecule has 0 fully saturated rings. The number of ketones is 1. The molecule has 0 unspecified atom stereocenters. The maximum atomic E-state index is 13.4. The van der Waals surface area contributed by atoms with Crippen molar-refractivity contribution in [3.05, 3.63) is 71.7 Å². The van der Waals surface area contributed by atoms with Gasteiger partial charge in [0.1, 0.15) is 5.82 Å². The van der Waals surface area contributed by atoms with Gasteiger partial charge in [-0.25, -0.2) is 9.37 Å². The zero-order valence-corrected chi connectivity index (χ0v) is 19.1. The van der Waals surface area contributed by atoms with Crippen LogP contribution in [0, 0.1) is 5.82 Å². The number of benzene rings is 2. The lowest BCUT2D eigenvalue weighted by atomic mass is 10.0. The van der Waals surface area contributed by atoms with Crippen LogP contribution in [0.2, 0.25) is 0 Å². The van der Waals surface area contributed by atoms with Crippen molar-refractivity contribution < 1.29 is 9.18 Å². The summed E-state index contributed by atoms with van der Waals surface area (Å²) in [6, 6.07) is 13.3. The predicted molar refractivity (Wildman–Crippen MR) is 133 cm³/mol. The summed E-state index contributed by atoms with van der Waals surface area (Å²) in [6.45, 7) is 3.03. The Bertz CT molecular complexity index is 1250. The van der Waals surface area contributed by atoms with Crippen LogP contribution in [0.25, 0.3) is 16.4 Å². The number of anilines is 2. The van der Waals surface area contributed by atoms with Crippen molar-refractivity contribution in [3.63, 3.8) is 0 Å². The summed E-state index contributed by atoms with van der Waals surface area (Å²) in [7, 11) is 0. The standard InChI is InChI=1S/C27H31FN4O/c1-2-3-4-5-6-7-10-17-30-27-31-23-12-9-8-11-21(23)25-24(22(29)18-32(25)27)26(33)19-13-15-20(28)16-14-19/h8-9,11-16,18H,2-7,10,17,29H2,1H3,(H,30,31). The fourth-order valence-electron chi connectivity index (χ4n) is 4.29. The van der Waals surface area contributed by atoms with E-state index in [0.29, 0.717) is 22.8 Å². The Labute approximate surface area is 193 Å². The molecule has 6 heteroatoms. The smallest absolute Gasteiger partial charge is 0.208 e. The number of nitrogen functional groups attached to an aromatic ring is 1. The Morgan fingerprint density at radius 1 is 1.00 bits per heavy atom. The number of halogens is 1. The monoisotopic (exact) mass is 446 g/mol. The molecule has 0 spiro atoms. The van der Waals surface area contributed by atoms with Crippen molar-refractivity contribution in [1.82, 2.24) is 9.38 Å². The zero-order valence-electron chi connectivity index (χ0n) is 19.1. The third kappa shape index (κ3) is 5.00. The van der Waals surface area contributed by atoms with Gasteiger partial charge < -0.3 is 11.1 Å². The van der Waals surface area contributed by atoms with E-state index >= 15 is 0 Å². The zero-order chi connectivity index (χ0) is 23.2. The Hall–Kier alpha value is -3.41. The van der Waals surface area contributed by atoms with Gasteiger partial charge in [-0.15, -0.1) is 0 Å². The second-order valence-electron chi connectivity index (χ2n) is 8.51. The number of hydrogen-bond donors (Lipinski definition) is 2. The highest BCUT2D eigenvalue weighted by atomic mass is 19.1. The minimum atomic E-state index is -0.382. The average molecular weight is 447 g/mol. The molecule has 2 heterocycles. The number of para-hydroxylation sites is 1. The lowest BCUT2D eigenvalue weighted by Crippen LogP contribution is -2.09. The second kappa shape index (κ2) is 10.5. The molecule has 33 heavy (non-hydrogen) atoms. The summed E-state index contributed by atoms with van der Waals surface area (Å²) in [5.74, 6) is 0.0525. The van der Waals surface area contributed by atoms with Crippen LogP contribution in [-0.4, -0.2) is 21.7 Å². The van der Waals surface area contributed by atoms with E-state index < -0.39 is 0 Å². The number of unbranched alkanes of at least 4 members (excludes halogenated alkanes) is 6. The van der Waals surface area contributed by atoms with Crippen LogP contribution >= 0.6 is 0 Å². The molecule has 0 saturated carbocycles. The number of nitrogens with two attached hydrogens (primary N) is 1. The third-order valence-electron chi connectivity index (χ3n) is 6.05. The van der Waals surface area contributed by atoms with Gasteiger partial charge in [0.2, 0.25) is 5.95 Å². The third-order valence-corrected chi connectivity index (χ3v) is 6.05. The van der Waals surface area contributed by atoms with E-state index in [-0.39, 0.29) is 11.6 Å². The average Bonchev–Trinajstić information content (AvgIpc) is 3.18. The SMILES string of the molecule is CCCCCCCCCNc1nc2ccccc2c2c(C(=O)c3ccc(F)cc3)c(N)cn12. The molecule has 0 aliphatic heterocycles. The van der Waals surface area contributed by atoms with Gasteiger partial charge in [0, 0.05) is 23.7 Å². The van der Waals surface area contributed by atoms with Gasteiger partial charge >= 0.3 is 0 Å². The van der Waals surface area contributed by atoms with Crippen molar-refractivity contribution >= 4 is 33.8 Å². The minimum absolute atomic E-state index is 0.232. The molecule has 0 aliphatic carbocycles. The highest BCUT2D eigenvalue weighted by Crippen LogP contribution is 2.32. The molecule has 4 rings (SSSR count). The Morgan fingerprint density at radius 3 is 2.45 bits per heavy atom. The topological polar surface area (TPSA) is 72.4 Å². The van der Waals surface area contributed by atoms with Crippen LogP contribution in [0.5, 0.6) is 0 Å². The molecule has 172 valence electrons. The van der Waals surface area contributed by atoms with E-state index in [1.807, 2.05) is 28.7 Å². The molecule has 4 aromatic rings. The number of nitrogens with one attached hydrogen (secondary N) is 1. The van der Waals surface area contributed by atoms with Gasteiger partial charge in [0.05, 0.1) is 22.3 Å². The van der Waals surface area contributed by atoms with E-state index in [1.54, 1.807) is 6.20 Å². The fraction of sp³-hybridized carbons (Fsp3) is 0.333. The molecule has 2 aromatic carbocycles. The van der Waals surface area contributed by atoms with Crippen LogP contribution in [0.3, 0.4) is 0 Å². The summed E-state index contributed by atoms with van der Waals surface area (Å²) < 4.78 is 15.3. The summed E-state index contributed by atoms with van der Waals surface area (Å²) in [6.07, 6.45) is 10.4. The number of hydrogen-bond acceptors (Lipinski definition) is 4. The summed E-state index contributed by atoms with van der Waals surface area (Å²) in [5.41, 5.74) is 9.04. The fourth-order valence-corrected chi connectivity index (χ4v) is 4.29. The first-order valence-electron chi connectivity index (χ1n) is 11.8. The van der Waals surface area contributed by atoms with Crippen LogP contribution in [0.15, 0.2) is 54.7 Å². The molecule has 0 atom stereocenters. The molecular formula is C27H31FN4O. The van der Waals surface area contributed by atoms with E-state index in [1.165, 1.54) is 62.8 Å². The highest BCUT2D eigenvalue weighted by Gasteiger charge is 2.22. The Morgan fingerprint density at radius 2 is 1.70 bits per heavy atom. The molecule has 0 amide bonds. The first-order chi connectivity index (χ1) is 16.1. The summed E-state index contributed by atoms with van der Waals surface area (Å²) >= 11 is 0. The van der Waals surface area contributed by atoms with E-state index in [4.69, 9.17) is 10.7 Å². The van der Waals surface area contributed by atoms with Crippen molar-refractivity contribution in [1.29, 1.82) is 0 Å². The molecule has 2 aromatic heterocycles. The molecule has 0 saturated heterocycles. The minimum Gasteiger partial charge on any atom is -0.397 e. The predicted octanol–water partition coefficient (Wildman–Crippen LogP) is 6.60. The van der Waals surface area contributed by atoms with E-state index in [9.17, 15) is 9.18 Å². The molecule has 0 radical (unpaired) electrons. The largest absolute Gasteiger partial charge is 0.397 e. The van der Waals surface area contributed by atoms with Gasteiger partial charge in [-0.1, -0.05) is 63.6 Å². The number of carbonyl (C=O) groups is 1. The number of rotatable bonds is 11. The lowest BCUT2D eigenvalue weighted by molar-refractivity contribution is 0.104. The van der Waals surface area contributed by atoms with Gasteiger partial charge in [-0.05, 0) is 36.8 Å². The van der Waals surface area contributed by atoms with Crippen molar-refractivity contribution in [3.8, 4) is 0 Å². The van der Waals surface area contributed by atoms with Crippen LogP contribution in [0.4, 0.5) is 16.0 Å². The molecule has 0 aliphatic rings. The van der Waals surface area contributed by atoms with E-state index in [0.717, 1.165) is 29.4 Å². The van der Waals surface area contributed by atoms with Gasteiger partial charge in [-0.2, -0.15) is 0 Å². The molecule has 3 N–H and O–H groups in total. The Balaban J connectivity index is 1.63. The number of fused-ring (bicyclic) bond motifs is 3. The first kappa shape index (κ1) is 22.8. The number of carbonyl (C=O) groups excluding carboxylic acids is 1. The summed E-state index contributed by atoms with van der Waals surface area (Å²) in [5, 5.41) is 4.29. The van der Waals surface area contributed by atoms with Crippen molar-refractivity contribution in [2.24, 2.45) is 0 Å². The normalized spacial score (nSPS) is 11.3. The molecule has 0 bridgehead atoms. The van der Waals surface area contributed by atoms with Crippen LogP contribution < -0.4 is 11.1 Å². The first-order valence-corrected chi connectivity index (χ1v) is 11.8. The van der Waals surface area contributed by atoms with Crippen molar-refractivity contribution in [2.45, 2.75) is 51.9 Å². The summed E-state index contributed by atoms with van der Waals surface area (Å²) in [4.78, 5) is 18.2. The van der Waals surface area contributed by atoms with Gasteiger partial charge in [0.25, 0.3) is 0 Å². The van der Waals surface area contributed by atoms with Crippen LogP contribution in [-0.2, 0) is 0 Å². The molecular weight excluding hydrogens is 415 g/mol. The number of aromatic nitrogens is 2. The van der Waals surface area contributed by atoms with Crippen LogP contribution in [0.1, 0.15) is 67.8 Å². The highest BCUT2D eigenvalue weighted by molar-refractivity contribution is 6.20. The number of nitrogens with zero attached hydrogens (tertiary/aromatic N) is 2. The quantitative estimate of drug-likeness (QED) is 0.201. The van der Waals surface area contributed by atoms with Crippen molar-refractivity contribution in [2.75, 3.05) is 17.6 Å². The Kier molecular flexibility index (Phi) is 7.23. The maximum absolute atomic E-state index is 13.4.